The highest BCUT2D eigenvalue weighted by atomic mass is 32.2. The molecule has 0 saturated heterocycles. The standard InChI is InChI=1S/C25H22N2OS3/c28-23-21-18-13-7-8-14-19(18)31-24(21)27-22(16-9-3-1-4-10-16)20(15-29-25(27)26-23)30-17-11-5-2-6-12-17/h1-6,9-12,20,22H,7-8,13-15H2. The summed E-state index contributed by atoms with van der Waals surface area (Å²) in [5, 5.41) is 2.11. The Hall–Kier alpha value is -2.02. The third-order valence-electron chi connectivity index (χ3n) is 6.17. The van der Waals surface area contributed by atoms with Gasteiger partial charge in [0.1, 0.15) is 4.83 Å². The fraction of sp³-hybridized carbons (Fsp3) is 0.280. The van der Waals surface area contributed by atoms with Crippen LogP contribution in [0.4, 0.5) is 0 Å². The summed E-state index contributed by atoms with van der Waals surface area (Å²) in [5.74, 6) is 0.933. The number of hydrogen-bond acceptors (Lipinski definition) is 5. The lowest BCUT2D eigenvalue weighted by molar-refractivity contribution is 0.526. The molecule has 4 aromatic rings. The van der Waals surface area contributed by atoms with Crippen LogP contribution in [0, 0.1) is 0 Å². The highest BCUT2D eigenvalue weighted by molar-refractivity contribution is 8.03. The molecule has 156 valence electrons. The Morgan fingerprint density at radius 2 is 1.71 bits per heavy atom. The topological polar surface area (TPSA) is 34.9 Å². The van der Waals surface area contributed by atoms with Crippen molar-refractivity contribution >= 4 is 45.1 Å². The fourth-order valence-corrected chi connectivity index (χ4v) is 8.78. The maximum Gasteiger partial charge on any atom is 0.282 e. The number of thiophene rings is 1. The molecule has 2 atom stereocenters. The number of thioether (sulfide) groups is 2. The lowest BCUT2D eigenvalue weighted by Crippen LogP contribution is -2.32. The van der Waals surface area contributed by atoms with Crippen molar-refractivity contribution in [3.05, 3.63) is 87.0 Å². The van der Waals surface area contributed by atoms with E-state index in [2.05, 4.69) is 70.2 Å². The van der Waals surface area contributed by atoms with Crippen molar-refractivity contribution in [3.8, 4) is 0 Å². The zero-order valence-electron chi connectivity index (χ0n) is 17.0. The molecular weight excluding hydrogens is 440 g/mol. The molecule has 2 unspecified atom stereocenters. The number of fused-ring (bicyclic) bond motifs is 5. The van der Waals surface area contributed by atoms with Gasteiger partial charge in [-0.3, -0.25) is 4.79 Å². The highest BCUT2D eigenvalue weighted by Gasteiger charge is 2.35. The molecule has 0 N–H and O–H groups in total. The summed E-state index contributed by atoms with van der Waals surface area (Å²) >= 11 is 5.50. The molecule has 0 saturated carbocycles. The molecular formula is C25H22N2OS3. The summed E-state index contributed by atoms with van der Waals surface area (Å²) in [6.45, 7) is 0. The van der Waals surface area contributed by atoms with Gasteiger partial charge in [0.2, 0.25) is 0 Å². The minimum Gasteiger partial charge on any atom is -0.303 e. The first kappa shape index (κ1) is 19.6. The molecule has 2 aliphatic rings. The van der Waals surface area contributed by atoms with E-state index in [1.165, 1.54) is 33.7 Å². The Kier molecular flexibility index (Phi) is 5.17. The van der Waals surface area contributed by atoms with Gasteiger partial charge in [-0.2, -0.15) is 4.98 Å². The molecule has 6 heteroatoms. The van der Waals surface area contributed by atoms with Crippen LogP contribution in [0.15, 0.2) is 75.5 Å². The fourth-order valence-electron chi connectivity index (χ4n) is 4.77. The van der Waals surface area contributed by atoms with E-state index in [0.29, 0.717) is 5.25 Å². The largest absolute Gasteiger partial charge is 0.303 e. The van der Waals surface area contributed by atoms with Gasteiger partial charge >= 0.3 is 0 Å². The monoisotopic (exact) mass is 462 g/mol. The summed E-state index contributed by atoms with van der Waals surface area (Å²) in [4.78, 5) is 21.5. The van der Waals surface area contributed by atoms with E-state index >= 15 is 0 Å². The number of benzene rings is 2. The first-order valence-electron chi connectivity index (χ1n) is 10.8. The van der Waals surface area contributed by atoms with Crippen LogP contribution >= 0.6 is 34.9 Å². The Labute approximate surface area is 193 Å². The van der Waals surface area contributed by atoms with Crippen LogP contribution in [-0.4, -0.2) is 20.6 Å². The average molecular weight is 463 g/mol. The number of aryl methyl sites for hydroxylation is 2. The van der Waals surface area contributed by atoms with Crippen molar-refractivity contribution in [2.45, 2.75) is 47.0 Å². The van der Waals surface area contributed by atoms with Gasteiger partial charge in [0.05, 0.1) is 11.4 Å². The lowest BCUT2D eigenvalue weighted by Gasteiger charge is -2.35. The van der Waals surface area contributed by atoms with Gasteiger partial charge in [0.25, 0.3) is 5.56 Å². The lowest BCUT2D eigenvalue weighted by atomic mass is 9.97. The molecule has 2 aromatic carbocycles. The van der Waals surface area contributed by atoms with Crippen molar-refractivity contribution in [1.29, 1.82) is 0 Å². The van der Waals surface area contributed by atoms with Crippen LogP contribution in [0.2, 0.25) is 0 Å². The van der Waals surface area contributed by atoms with E-state index in [0.717, 1.165) is 34.0 Å². The van der Waals surface area contributed by atoms with E-state index in [1.807, 2.05) is 23.1 Å². The van der Waals surface area contributed by atoms with Crippen molar-refractivity contribution in [2.24, 2.45) is 0 Å². The van der Waals surface area contributed by atoms with Gasteiger partial charge in [-0.05, 0) is 48.9 Å². The molecule has 3 nitrogen and oxygen atoms in total. The summed E-state index contributed by atoms with van der Waals surface area (Å²) < 4.78 is 2.39. The zero-order valence-corrected chi connectivity index (χ0v) is 19.4. The molecule has 6 rings (SSSR count). The maximum atomic E-state index is 13.1. The molecule has 1 aliphatic carbocycles. The third-order valence-corrected chi connectivity index (χ3v) is 10.0. The predicted molar refractivity (Wildman–Crippen MR) is 132 cm³/mol. The predicted octanol–water partition coefficient (Wildman–Crippen LogP) is 6.19. The van der Waals surface area contributed by atoms with Gasteiger partial charge in [0.15, 0.2) is 5.16 Å². The van der Waals surface area contributed by atoms with E-state index in [-0.39, 0.29) is 11.6 Å². The van der Waals surface area contributed by atoms with Crippen molar-refractivity contribution in [3.63, 3.8) is 0 Å². The summed E-state index contributed by atoms with van der Waals surface area (Å²) in [6, 6.07) is 21.6. The van der Waals surface area contributed by atoms with Crippen LogP contribution in [0.3, 0.4) is 0 Å². The number of aromatic nitrogens is 2. The van der Waals surface area contributed by atoms with Gasteiger partial charge in [0, 0.05) is 20.8 Å². The molecule has 0 amide bonds. The Balaban J connectivity index is 1.57. The molecule has 2 aromatic heterocycles. The maximum absolute atomic E-state index is 13.1. The van der Waals surface area contributed by atoms with Crippen LogP contribution in [0.1, 0.15) is 34.9 Å². The van der Waals surface area contributed by atoms with E-state index in [9.17, 15) is 4.79 Å². The smallest absolute Gasteiger partial charge is 0.282 e. The molecule has 31 heavy (non-hydrogen) atoms. The normalized spacial score (nSPS) is 20.4. The van der Waals surface area contributed by atoms with Gasteiger partial charge in [-0.25, -0.2) is 0 Å². The van der Waals surface area contributed by atoms with Crippen molar-refractivity contribution in [1.82, 2.24) is 9.55 Å². The number of rotatable bonds is 3. The molecule has 1 aliphatic heterocycles. The van der Waals surface area contributed by atoms with Crippen LogP contribution in [0.5, 0.6) is 0 Å². The van der Waals surface area contributed by atoms with E-state index in [4.69, 9.17) is 0 Å². The SMILES string of the molecule is O=c1nc2n(c3sc4c(c13)CCCC4)C(c1ccccc1)C(Sc1ccccc1)CS2. The quantitative estimate of drug-likeness (QED) is 0.340. The van der Waals surface area contributed by atoms with Crippen molar-refractivity contribution < 1.29 is 0 Å². The van der Waals surface area contributed by atoms with Crippen LogP contribution < -0.4 is 5.56 Å². The first-order chi connectivity index (χ1) is 15.3. The van der Waals surface area contributed by atoms with Gasteiger partial charge in [-0.1, -0.05) is 60.3 Å². The zero-order chi connectivity index (χ0) is 20.8. The summed E-state index contributed by atoms with van der Waals surface area (Å²) in [7, 11) is 0. The molecule has 0 fully saturated rings. The number of nitrogens with zero attached hydrogens (tertiary/aromatic N) is 2. The molecule has 3 heterocycles. The molecule has 0 radical (unpaired) electrons. The minimum absolute atomic E-state index is 0.0332. The second kappa shape index (κ2) is 8.15. The van der Waals surface area contributed by atoms with Crippen molar-refractivity contribution in [2.75, 3.05) is 5.75 Å². The summed E-state index contributed by atoms with van der Waals surface area (Å²) in [6.07, 6.45) is 4.49. The third kappa shape index (κ3) is 3.45. The van der Waals surface area contributed by atoms with Gasteiger partial charge in [-0.15, -0.1) is 23.1 Å². The average Bonchev–Trinajstić information content (AvgIpc) is 3.21. The number of hydrogen-bond donors (Lipinski definition) is 0. The van der Waals surface area contributed by atoms with E-state index < -0.39 is 0 Å². The second-order valence-corrected chi connectivity index (χ2v) is 11.5. The summed E-state index contributed by atoms with van der Waals surface area (Å²) in [5.41, 5.74) is 2.53. The first-order valence-corrected chi connectivity index (χ1v) is 13.4. The van der Waals surface area contributed by atoms with E-state index in [1.54, 1.807) is 11.8 Å². The van der Waals surface area contributed by atoms with Crippen LogP contribution in [-0.2, 0) is 12.8 Å². The molecule has 0 bridgehead atoms. The Morgan fingerprint density at radius 1 is 0.968 bits per heavy atom. The minimum atomic E-state index is -0.0332. The van der Waals surface area contributed by atoms with Gasteiger partial charge < -0.3 is 4.57 Å². The Bertz CT molecular complexity index is 1300. The highest BCUT2D eigenvalue weighted by Crippen LogP contribution is 2.46. The second-order valence-electron chi connectivity index (χ2n) is 8.10. The Morgan fingerprint density at radius 3 is 2.52 bits per heavy atom. The van der Waals surface area contributed by atoms with Crippen LogP contribution in [0.25, 0.3) is 10.2 Å². The molecule has 0 spiro atoms.